The second-order valence-corrected chi connectivity index (χ2v) is 7.58. The standard InChI is InChI=1S/C20H24F2N2O4/c1-28-18(26)11-20(7-3-2-4-8-20)23-19(27)13-9-17(25)24(12-13)16-6-5-14(21)10-15(16)22/h5-6,10,13H,2-4,7-9,11-12H2,1H3,(H,23,27)/t13-/m0/s1. The largest absolute Gasteiger partial charge is 0.469 e. The fourth-order valence-corrected chi connectivity index (χ4v) is 4.10. The predicted octanol–water partition coefficient (Wildman–Crippen LogP) is 2.70. The normalized spacial score (nSPS) is 21.5. The van der Waals surface area contributed by atoms with E-state index in [1.807, 2.05) is 0 Å². The fraction of sp³-hybridized carbons (Fsp3) is 0.550. The molecule has 1 aromatic rings. The van der Waals surface area contributed by atoms with Gasteiger partial charge in [0, 0.05) is 19.0 Å². The number of halogens is 2. The number of ether oxygens (including phenoxy) is 1. The van der Waals surface area contributed by atoms with Crippen LogP contribution in [0.2, 0.25) is 0 Å². The molecule has 1 aromatic carbocycles. The Kier molecular flexibility index (Phi) is 5.96. The summed E-state index contributed by atoms with van der Waals surface area (Å²) in [6.07, 6.45) is 4.21. The highest BCUT2D eigenvalue weighted by molar-refractivity contribution is 6.00. The highest BCUT2D eigenvalue weighted by Gasteiger charge is 2.41. The molecular weight excluding hydrogens is 370 g/mol. The zero-order chi connectivity index (χ0) is 20.3. The van der Waals surface area contributed by atoms with E-state index < -0.39 is 29.0 Å². The number of carbonyl (C=O) groups is 3. The number of carbonyl (C=O) groups excluding carboxylic acids is 3. The van der Waals surface area contributed by atoms with Crippen LogP contribution in [0, 0.1) is 17.6 Å². The Bertz CT molecular complexity index is 777. The van der Waals surface area contributed by atoms with Crippen molar-refractivity contribution in [1.82, 2.24) is 5.32 Å². The van der Waals surface area contributed by atoms with Crippen molar-refractivity contribution in [1.29, 1.82) is 0 Å². The molecule has 0 spiro atoms. The third-order valence-corrected chi connectivity index (χ3v) is 5.61. The van der Waals surface area contributed by atoms with Crippen molar-refractivity contribution < 1.29 is 27.9 Å². The molecule has 1 saturated carbocycles. The monoisotopic (exact) mass is 394 g/mol. The second-order valence-electron chi connectivity index (χ2n) is 7.58. The van der Waals surface area contributed by atoms with Crippen molar-refractivity contribution in [3.05, 3.63) is 29.8 Å². The van der Waals surface area contributed by atoms with Crippen LogP contribution in [0.25, 0.3) is 0 Å². The number of nitrogens with zero attached hydrogens (tertiary/aromatic N) is 1. The van der Waals surface area contributed by atoms with E-state index >= 15 is 0 Å². The zero-order valence-electron chi connectivity index (χ0n) is 15.8. The van der Waals surface area contributed by atoms with Crippen LogP contribution in [0.3, 0.4) is 0 Å². The number of hydrogen-bond acceptors (Lipinski definition) is 4. The third-order valence-electron chi connectivity index (χ3n) is 5.61. The number of esters is 1. The number of amides is 2. The van der Waals surface area contributed by atoms with Crippen molar-refractivity contribution in [3.8, 4) is 0 Å². The maximum atomic E-state index is 14.0. The average Bonchev–Trinajstić information content (AvgIpc) is 3.04. The number of nitrogens with one attached hydrogen (secondary N) is 1. The molecule has 152 valence electrons. The van der Waals surface area contributed by atoms with E-state index in [2.05, 4.69) is 5.32 Å². The minimum Gasteiger partial charge on any atom is -0.469 e. The van der Waals surface area contributed by atoms with E-state index in [1.54, 1.807) is 0 Å². The Morgan fingerprint density at radius 3 is 2.61 bits per heavy atom. The number of rotatable bonds is 5. The summed E-state index contributed by atoms with van der Waals surface area (Å²) in [6, 6.07) is 2.98. The van der Waals surface area contributed by atoms with Gasteiger partial charge in [-0.3, -0.25) is 14.4 Å². The first kappa shape index (κ1) is 20.2. The van der Waals surface area contributed by atoms with Crippen LogP contribution in [-0.2, 0) is 19.1 Å². The van der Waals surface area contributed by atoms with Gasteiger partial charge in [-0.25, -0.2) is 8.78 Å². The molecule has 28 heavy (non-hydrogen) atoms. The maximum Gasteiger partial charge on any atom is 0.307 e. The molecule has 1 N–H and O–H groups in total. The van der Waals surface area contributed by atoms with Crippen LogP contribution in [0.15, 0.2) is 18.2 Å². The molecule has 2 aliphatic rings. The number of methoxy groups -OCH3 is 1. The lowest BCUT2D eigenvalue weighted by Gasteiger charge is -2.38. The molecular formula is C20H24F2N2O4. The molecule has 1 heterocycles. The predicted molar refractivity (Wildman–Crippen MR) is 97.4 cm³/mol. The van der Waals surface area contributed by atoms with Crippen LogP contribution >= 0.6 is 0 Å². The summed E-state index contributed by atoms with van der Waals surface area (Å²) in [5.41, 5.74) is -0.705. The molecule has 0 radical (unpaired) electrons. The van der Waals surface area contributed by atoms with Gasteiger partial charge in [-0.15, -0.1) is 0 Å². The van der Waals surface area contributed by atoms with Gasteiger partial charge in [0.1, 0.15) is 11.6 Å². The number of anilines is 1. The summed E-state index contributed by atoms with van der Waals surface area (Å²) in [7, 11) is 1.31. The molecule has 1 aliphatic heterocycles. The van der Waals surface area contributed by atoms with Crippen molar-refractivity contribution in [2.75, 3.05) is 18.6 Å². The average molecular weight is 394 g/mol. The number of hydrogen-bond donors (Lipinski definition) is 1. The van der Waals surface area contributed by atoms with Gasteiger partial charge in [-0.2, -0.15) is 0 Å². The van der Waals surface area contributed by atoms with Gasteiger partial charge in [-0.1, -0.05) is 19.3 Å². The van der Waals surface area contributed by atoms with Crippen LogP contribution < -0.4 is 10.2 Å². The van der Waals surface area contributed by atoms with E-state index in [9.17, 15) is 23.2 Å². The molecule has 8 heteroatoms. The fourth-order valence-electron chi connectivity index (χ4n) is 4.10. The van der Waals surface area contributed by atoms with Gasteiger partial charge in [0.2, 0.25) is 11.8 Å². The Morgan fingerprint density at radius 2 is 1.96 bits per heavy atom. The maximum absolute atomic E-state index is 14.0. The highest BCUT2D eigenvalue weighted by Crippen LogP contribution is 2.33. The van der Waals surface area contributed by atoms with Gasteiger partial charge in [0.05, 0.1) is 30.7 Å². The number of benzene rings is 1. The molecule has 2 amide bonds. The second kappa shape index (κ2) is 8.24. The first-order valence-electron chi connectivity index (χ1n) is 9.48. The Labute approximate surface area is 162 Å². The molecule has 1 atom stereocenters. The van der Waals surface area contributed by atoms with Gasteiger partial charge in [-0.05, 0) is 25.0 Å². The topological polar surface area (TPSA) is 75.7 Å². The van der Waals surface area contributed by atoms with Gasteiger partial charge in [0.15, 0.2) is 0 Å². The van der Waals surface area contributed by atoms with E-state index in [0.29, 0.717) is 18.9 Å². The van der Waals surface area contributed by atoms with Gasteiger partial charge in [0.25, 0.3) is 0 Å². The van der Waals surface area contributed by atoms with Crippen molar-refractivity contribution in [2.45, 2.75) is 50.5 Å². The van der Waals surface area contributed by atoms with Gasteiger partial charge < -0.3 is 15.0 Å². The Balaban J connectivity index is 1.71. The minimum atomic E-state index is -0.844. The quantitative estimate of drug-likeness (QED) is 0.780. The molecule has 1 saturated heterocycles. The lowest BCUT2D eigenvalue weighted by Crippen LogP contribution is -2.53. The summed E-state index contributed by atoms with van der Waals surface area (Å²) in [4.78, 5) is 38.2. The zero-order valence-corrected chi connectivity index (χ0v) is 15.8. The molecule has 1 aliphatic carbocycles. The van der Waals surface area contributed by atoms with Crippen molar-refractivity contribution in [2.24, 2.45) is 5.92 Å². The van der Waals surface area contributed by atoms with Crippen LogP contribution in [0.4, 0.5) is 14.5 Å². The molecule has 0 bridgehead atoms. The molecule has 0 unspecified atom stereocenters. The van der Waals surface area contributed by atoms with E-state index in [1.165, 1.54) is 18.1 Å². The van der Waals surface area contributed by atoms with E-state index in [-0.39, 0.29) is 37.0 Å². The molecule has 3 rings (SSSR count). The van der Waals surface area contributed by atoms with Crippen LogP contribution in [-0.4, -0.2) is 37.0 Å². The van der Waals surface area contributed by atoms with Crippen LogP contribution in [0.1, 0.15) is 44.9 Å². The summed E-state index contributed by atoms with van der Waals surface area (Å²) in [6.45, 7) is 0.0154. The van der Waals surface area contributed by atoms with E-state index in [0.717, 1.165) is 25.3 Å². The lowest BCUT2D eigenvalue weighted by atomic mass is 9.79. The molecule has 2 fully saturated rings. The SMILES string of the molecule is COC(=O)CC1(NC(=O)[C@H]2CC(=O)N(c3ccc(F)cc3F)C2)CCCCC1. The lowest BCUT2D eigenvalue weighted by molar-refractivity contribution is -0.143. The summed E-state index contributed by atoms with van der Waals surface area (Å²) >= 11 is 0. The first-order valence-corrected chi connectivity index (χ1v) is 9.48. The van der Waals surface area contributed by atoms with E-state index in [4.69, 9.17) is 4.74 Å². The Hall–Kier alpha value is -2.51. The minimum absolute atomic E-state index is 0.0154. The Morgan fingerprint density at radius 1 is 1.25 bits per heavy atom. The van der Waals surface area contributed by atoms with Crippen molar-refractivity contribution in [3.63, 3.8) is 0 Å². The smallest absolute Gasteiger partial charge is 0.307 e. The molecule has 0 aromatic heterocycles. The van der Waals surface area contributed by atoms with Gasteiger partial charge >= 0.3 is 5.97 Å². The summed E-state index contributed by atoms with van der Waals surface area (Å²) < 4.78 is 31.9. The summed E-state index contributed by atoms with van der Waals surface area (Å²) in [5, 5.41) is 2.98. The molecule has 6 nitrogen and oxygen atoms in total. The third kappa shape index (κ3) is 4.31. The first-order chi connectivity index (χ1) is 13.3. The van der Waals surface area contributed by atoms with Crippen molar-refractivity contribution >= 4 is 23.5 Å². The van der Waals surface area contributed by atoms with Crippen LogP contribution in [0.5, 0.6) is 0 Å². The summed E-state index contributed by atoms with van der Waals surface area (Å²) in [5.74, 6) is -3.35. The highest BCUT2D eigenvalue weighted by atomic mass is 19.1.